The second-order valence-corrected chi connectivity index (χ2v) is 9.23. The highest BCUT2D eigenvalue weighted by Crippen LogP contribution is 2.35. The lowest BCUT2D eigenvalue weighted by Gasteiger charge is -2.33. The molecule has 0 atom stereocenters. The van der Waals surface area contributed by atoms with Gasteiger partial charge in [0, 0.05) is 63.8 Å². The van der Waals surface area contributed by atoms with Crippen molar-refractivity contribution < 1.29 is 31.9 Å². The molecule has 1 aliphatic rings. The highest BCUT2D eigenvalue weighted by molar-refractivity contribution is 6.00. The number of aromatic nitrogens is 1. The summed E-state index contributed by atoms with van der Waals surface area (Å²) >= 11 is 0. The van der Waals surface area contributed by atoms with Crippen LogP contribution in [-0.2, 0) is 12.7 Å². The molecule has 212 valence electrons. The third-order valence-corrected chi connectivity index (χ3v) is 6.28. The van der Waals surface area contributed by atoms with E-state index in [1.54, 1.807) is 0 Å². The summed E-state index contributed by atoms with van der Waals surface area (Å²) in [7, 11) is 3.42. The molecule has 40 heavy (non-hydrogen) atoms. The lowest BCUT2D eigenvalue weighted by atomic mass is 10.0. The van der Waals surface area contributed by atoms with Crippen LogP contribution in [0.15, 0.2) is 54.7 Å². The number of anilines is 2. The molecule has 3 amide bonds. The van der Waals surface area contributed by atoms with Crippen molar-refractivity contribution in [1.29, 1.82) is 0 Å². The van der Waals surface area contributed by atoms with Crippen LogP contribution >= 0.6 is 0 Å². The van der Waals surface area contributed by atoms with Gasteiger partial charge in [-0.2, -0.15) is 13.2 Å². The molecule has 2 aromatic carbocycles. The molecule has 3 N–H and O–H groups in total. The number of pyridine rings is 1. The van der Waals surface area contributed by atoms with E-state index in [2.05, 4.69) is 25.8 Å². The van der Waals surface area contributed by atoms with Crippen LogP contribution in [0.3, 0.4) is 0 Å². The molecule has 1 aliphatic heterocycles. The van der Waals surface area contributed by atoms with Crippen molar-refractivity contribution in [2.45, 2.75) is 12.7 Å². The quantitative estimate of drug-likeness (QED) is 0.360. The number of carbonyl (C=O) groups is 2. The third kappa shape index (κ3) is 7.45. The molecule has 1 saturated heterocycles. The number of amides is 3. The van der Waals surface area contributed by atoms with Gasteiger partial charge in [0.2, 0.25) is 0 Å². The van der Waals surface area contributed by atoms with Crippen LogP contribution in [0, 0.1) is 5.82 Å². The number of piperazine rings is 1. The van der Waals surface area contributed by atoms with E-state index in [0.29, 0.717) is 13.1 Å². The summed E-state index contributed by atoms with van der Waals surface area (Å²) in [5.41, 5.74) is -0.921. The van der Waals surface area contributed by atoms with Gasteiger partial charge in [0.25, 0.3) is 5.91 Å². The number of urea groups is 1. The summed E-state index contributed by atoms with van der Waals surface area (Å²) in [4.78, 5) is 32.2. The van der Waals surface area contributed by atoms with Gasteiger partial charge >= 0.3 is 12.2 Å². The molecule has 3 aromatic rings. The van der Waals surface area contributed by atoms with Crippen LogP contribution in [0.25, 0.3) is 0 Å². The molecule has 0 bridgehead atoms. The Bertz CT molecular complexity index is 1380. The zero-order valence-electron chi connectivity index (χ0n) is 21.8. The van der Waals surface area contributed by atoms with Crippen LogP contribution in [0.4, 0.5) is 33.7 Å². The number of hydrogen-bond donors (Lipinski definition) is 3. The maximum Gasteiger partial charge on any atom is 0.416 e. The Kier molecular flexibility index (Phi) is 8.85. The molecule has 2 heterocycles. The van der Waals surface area contributed by atoms with Crippen LogP contribution in [0.1, 0.15) is 21.6 Å². The lowest BCUT2D eigenvalue weighted by Crippen LogP contribution is -2.44. The summed E-state index contributed by atoms with van der Waals surface area (Å²) in [5.74, 6) is -0.938. The summed E-state index contributed by atoms with van der Waals surface area (Å²) < 4.78 is 61.7. The fourth-order valence-electron chi connectivity index (χ4n) is 4.11. The Morgan fingerprint density at radius 2 is 1.70 bits per heavy atom. The van der Waals surface area contributed by atoms with Gasteiger partial charge in [-0.25, -0.2) is 9.18 Å². The molecular weight excluding hydrogens is 532 g/mol. The van der Waals surface area contributed by atoms with E-state index < -0.39 is 29.5 Å². The largest absolute Gasteiger partial charge is 0.457 e. The smallest absolute Gasteiger partial charge is 0.416 e. The van der Waals surface area contributed by atoms with Crippen molar-refractivity contribution in [3.63, 3.8) is 0 Å². The van der Waals surface area contributed by atoms with Gasteiger partial charge in [-0.3, -0.25) is 14.7 Å². The minimum atomic E-state index is -4.62. The first-order chi connectivity index (χ1) is 19.0. The second-order valence-electron chi connectivity index (χ2n) is 9.23. The third-order valence-electron chi connectivity index (χ3n) is 6.28. The molecule has 1 aromatic heterocycles. The normalized spacial score (nSPS) is 14.4. The van der Waals surface area contributed by atoms with Crippen molar-refractivity contribution in [1.82, 2.24) is 20.1 Å². The first-order valence-electron chi connectivity index (χ1n) is 12.4. The highest BCUT2D eigenvalue weighted by atomic mass is 19.4. The molecule has 0 saturated carbocycles. The van der Waals surface area contributed by atoms with Crippen molar-refractivity contribution in [3.05, 3.63) is 77.4 Å². The first kappa shape index (κ1) is 28.8. The Balaban J connectivity index is 1.41. The standard InChI is InChI=1S/C27H28F4N6O3/c1-32-25(38)24-15-20(7-8-33-24)40-19-5-6-23(22(28)14-19)35-26(39)34-18-4-3-17(21(13-18)27(29,30)31)16-37-11-9-36(2)10-12-37/h3-8,13-15H,9-12,16H2,1-2H3,(H,32,38)(H2,34,35,39). The fourth-order valence-corrected chi connectivity index (χ4v) is 4.11. The number of likely N-dealkylation sites (N-methyl/N-ethyl adjacent to an activating group) is 1. The van der Waals surface area contributed by atoms with Crippen molar-refractivity contribution >= 4 is 23.3 Å². The second kappa shape index (κ2) is 12.3. The molecule has 9 nitrogen and oxygen atoms in total. The van der Waals surface area contributed by atoms with Gasteiger partial charge in [0.15, 0.2) is 0 Å². The van der Waals surface area contributed by atoms with Crippen LogP contribution in [0.2, 0.25) is 0 Å². The number of rotatable bonds is 7. The van der Waals surface area contributed by atoms with Gasteiger partial charge in [0.05, 0.1) is 11.3 Å². The minimum absolute atomic E-state index is 0.0862. The van der Waals surface area contributed by atoms with E-state index in [9.17, 15) is 27.2 Å². The van der Waals surface area contributed by atoms with E-state index in [1.807, 2.05) is 11.9 Å². The molecule has 13 heteroatoms. The molecule has 0 spiro atoms. The predicted octanol–water partition coefficient (Wildman–Crippen LogP) is 4.78. The SMILES string of the molecule is CNC(=O)c1cc(Oc2ccc(NC(=O)Nc3ccc(CN4CCN(C)CC4)c(C(F)(F)F)c3)c(F)c2)ccn1. The van der Waals surface area contributed by atoms with Gasteiger partial charge in [-0.05, 0) is 42.9 Å². The van der Waals surface area contributed by atoms with E-state index in [0.717, 1.165) is 25.2 Å². The zero-order valence-corrected chi connectivity index (χ0v) is 21.8. The minimum Gasteiger partial charge on any atom is -0.457 e. The monoisotopic (exact) mass is 560 g/mol. The topological polar surface area (TPSA) is 98.8 Å². The molecular formula is C27H28F4N6O3. The number of hydrogen-bond acceptors (Lipinski definition) is 6. The van der Waals surface area contributed by atoms with E-state index in [4.69, 9.17) is 4.74 Å². The van der Waals surface area contributed by atoms with Crippen molar-refractivity contribution in [2.24, 2.45) is 0 Å². The van der Waals surface area contributed by atoms with E-state index in [1.165, 1.54) is 49.6 Å². The predicted molar refractivity (Wildman–Crippen MR) is 141 cm³/mol. The van der Waals surface area contributed by atoms with Gasteiger partial charge < -0.3 is 25.6 Å². The van der Waals surface area contributed by atoms with E-state index in [-0.39, 0.29) is 40.7 Å². The molecule has 0 radical (unpaired) electrons. The maximum absolute atomic E-state index is 14.7. The van der Waals surface area contributed by atoms with Crippen molar-refractivity contribution in [2.75, 3.05) is 50.9 Å². The number of nitrogens with one attached hydrogen (secondary N) is 3. The lowest BCUT2D eigenvalue weighted by molar-refractivity contribution is -0.138. The van der Waals surface area contributed by atoms with Crippen LogP contribution < -0.4 is 20.7 Å². The summed E-state index contributed by atoms with van der Waals surface area (Å²) in [6, 6.07) is 9.19. The average molecular weight is 561 g/mol. The van der Waals surface area contributed by atoms with Gasteiger partial charge in [-0.15, -0.1) is 0 Å². The molecule has 1 fully saturated rings. The number of halogens is 4. The number of benzene rings is 2. The maximum atomic E-state index is 14.7. The Labute approximate surface area is 228 Å². The van der Waals surface area contributed by atoms with Gasteiger partial charge in [-0.1, -0.05) is 6.07 Å². The zero-order chi connectivity index (χ0) is 28.9. The average Bonchev–Trinajstić information content (AvgIpc) is 2.91. The Morgan fingerprint density at radius 3 is 2.38 bits per heavy atom. The number of nitrogens with zero attached hydrogens (tertiary/aromatic N) is 3. The number of alkyl halides is 3. The first-order valence-corrected chi connectivity index (χ1v) is 12.4. The van der Waals surface area contributed by atoms with Crippen LogP contribution in [0.5, 0.6) is 11.5 Å². The number of carbonyl (C=O) groups excluding carboxylic acids is 2. The van der Waals surface area contributed by atoms with Crippen LogP contribution in [-0.4, -0.2) is 67.0 Å². The highest BCUT2D eigenvalue weighted by Gasteiger charge is 2.34. The number of ether oxygens (including phenoxy) is 1. The van der Waals surface area contributed by atoms with Crippen molar-refractivity contribution in [3.8, 4) is 11.5 Å². The Hall–Kier alpha value is -4.23. The van der Waals surface area contributed by atoms with E-state index >= 15 is 0 Å². The fraction of sp³-hybridized carbons (Fsp3) is 0.296. The molecule has 0 aliphatic carbocycles. The summed E-state index contributed by atoms with van der Waals surface area (Å²) in [5, 5.41) is 7.05. The molecule has 0 unspecified atom stereocenters. The molecule has 4 rings (SSSR count). The Morgan fingerprint density at radius 1 is 0.975 bits per heavy atom. The summed E-state index contributed by atoms with van der Waals surface area (Å²) in [6.07, 6.45) is -3.26. The summed E-state index contributed by atoms with van der Waals surface area (Å²) in [6.45, 7) is 3.00. The van der Waals surface area contributed by atoms with Gasteiger partial charge in [0.1, 0.15) is 23.0 Å².